The van der Waals surface area contributed by atoms with Crippen molar-refractivity contribution in [1.29, 1.82) is 0 Å². The molecule has 2 atom stereocenters. The van der Waals surface area contributed by atoms with Crippen LogP contribution in [0.15, 0.2) is 18.2 Å². The van der Waals surface area contributed by atoms with E-state index in [9.17, 15) is 0 Å². The van der Waals surface area contributed by atoms with E-state index in [1.54, 1.807) is 0 Å². The molecule has 2 aliphatic heterocycles. The Labute approximate surface area is 135 Å². The minimum Gasteiger partial charge on any atom is -0.488 e. The smallest absolute Gasteiger partial charge is 0.141 e. The third kappa shape index (κ3) is 3.50. The summed E-state index contributed by atoms with van der Waals surface area (Å²) in [6, 6.07) is 5.89. The molecule has 0 bridgehead atoms. The Balaban J connectivity index is 1.74. The van der Waals surface area contributed by atoms with Gasteiger partial charge in [-0.3, -0.25) is 0 Å². The lowest BCUT2D eigenvalue weighted by molar-refractivity contribution is -0.0960. The van der Waals surface area contributed by atoms with Crippen LogP contribution < -0.4 is 10.5 Å². The number of thioether (sulfide) groups is 1. The summed E-state index contributed by atoms with van der Waals surface area (Å²) in [5.74, 6) is 3.10. The predicted octanol–water partition coefficient (Wildman–Crippen LogP) is 3.27. The molecule has 5 heteroatoms. The summed E-state index contributed by atoms with van der Waals surface area (Å²) in [4.78, 5) is 0. The van der Waals surface area contributed by atoms with Crippen LogP contribution in [0.3, 0.4) is 0 Å². The Kier molecular flexibility index (Phi) is 4.99. The molecule has 3 nitrogen and oxygen atoms in total. The van der Waals surface area contributed by atoms with E-state index in [0.29, 0.717) is 11.6 Å². The average molecular weight is 328 g/mol. The molecule has 3 rings (SSSR count). The van der Waals surface area contributed by atoms with Crippen LogP contribution in [0.4, 0.5) is 0 Å². The number of benzene rings is 1. The lowest BCUT2D eigenvalue weighted by Gasteiger charge is -2.38. The van der Waals surface area contributed by atoms with Gasteiger partial charge >= 0.3 is 0 Å². The van der Waals surface area contributed by atoms with E-state index in [0.717, 1.165) is 49.4 Å². The van der Waals surface area contributed by atoms with E-state index in [1.807, 2.05) is 23.9 Å². The molecule has 2 heterocycles. The summed E-state index contributed by atoms with van der Waals surface area (Å²) in [5, 5.41) is 0.683. The summed E-state index contributed by atoms with van der Waals surface area (Å²) >= 11 is 8.31. The first-order valence-electron chi connectivity index (χ1n) is 7.58. The van der Waals surface area contributed by atoms with Crippen LogP contribution in [0, 0.1) is 0 Å². The fraction of sp³-hybridized carbons (Fsp3) is 0.625. The van der Waals surface area contributed by atoms with Crippen LogP contribution in [-0.2, 0) is 11.2 Å². The third-order valence-electron chi connectivity index (χ3n) is 4.26. The van der Waals surface area contributed by atoms with E-state index in [-0.39, 0.29) is 11.7 Å². The van der Waals surface area contributed by atoms with Crippen molar-refractivity contribution in [1.82, 2.24) is 0 Å². The van der Waals surface area contributed by atoms with E-state index < -0.39 is 0 Å². The first kappa shape index (κ1) is 15.5. The highest BCUT2D eigenvalue weighted by atomic mass is 35.5. The molecule has 2 unspecified atom stereocenters. The Morgan fingerprint density at radius 1 is 1.48 bits per heavy atom. The summed E-state index contributed by atoms with van der Waals surface area (Å²) < 4.78 is 12.3. The highest BCUT2D eigenvalue weighted by Crippen LogP contribution is 2.40. The molecule has 0 saturated carbocycles. The summed E-state index contributed by atoms with van der Waals surface area (Å²) in [7, 11) is 0. The maximum absolute atomic E-state index is 6.33. The van der Waals surface area contributed by atoms with Gasteiger partial charge in [0.05, 0.1) is 17.2 Å². The SMILES string of the molecule is NCCc1cccc(Cl)c1OC1CCOC2(CCSC2)C1. The topological polar surface area (TPSA) is 44.5 Å². The molecule has 2 fully saturated rings. The van der Waals surface area contributed by atoms with Crippen LogP contribution in [0.1, 0.15) is 24.8 Å². The maximum Gasteiger partial charge on any atom is 0.141 e. The van der Waals surface area contributed by atoms with Gasteiger partial charge in [-0.25, -0.2) is 0 Å². The maximum atomic E-state index is 6.33. The van der Waals surface area contributed by atoms with Gasteiger partial charge in [0.2, 0.25) is 0 Å². The van der Waals surface area contributed by atoms with Gasteiger partial charge in [0.1, 0.15) is 11.9 Å². The fourth-order valence-electron chi connectivity index (χ4n) is 3.15. The number of hydrogen-bond acceptors (Lipinski definition) is 4. The van der Waals surface area contributed by atoms with Crippen LogP contribution in [0.2, 0.25) is 5.02 Å². The van der Waals surface area contributed by atoms with Gasteiger partial charge in [0.15, 0.2) is 0 Å². The van der Waals surface area contributed by atoms with Crippen molar-refractivity contribution in [2.24, 2.45) is 5.73 Å². The van der Waals surface area contributed by atoms with Gasteiger partial charge < -0.3 is 15.2 Å². The first-order chi connectivity index (χ1) is 10.2. The van der Waals surface area contributed by atoms with Gasteiger partial charge in [-0.2, -0.15) is 11.8 Å². The van der Waals surface area contributed by atoms with Crippen LogP contribution in [-0.4, -0.2) is 36.4 Å². The number of rotatable bonds is 4. The summed E-state index contributed by atoms with van der Waals surface area (Å²) in [5.41, 5.74) is 6.82. The van der Waals surface area contributed by atoms with Gasteiger partial charge in [0.25, 0.3) is 0 Å². The fourth-order valence-corrected chi connectivity index (χ4v) is 4.77. The largest absolute Gasteiger partial charge is 0.488 e. The van der Waals surface area contributed by atoms with Crippen LogP contribution in [0.25, 0.3) is 0 Å². The standard InChI is InChI=1S/C16H22ClNO2S/c17-14-3-1-2-12(4-7-18)15(14)20-13-5-8-19-16(10-13)6-9-21-11-16/h1-3,13H,4-11,18H2. The molecule has 0 radical (unpaired) electrons. The van der Waals surface area contributed by atoms with E-state index in [2.05, 4.69) is 6.07 Å². The molecule has 2 aliphatic rings. The molecule has 0 amide bonds. The molecule has 1 aromatic rings. The molecule has 1 spiro atoms. The molecular formula is C16H22ClNO2S. The second kappa shape index (κ2) is 6.78. The minimum atomic E-state index is 0.0306. The molecule has 116 valence electrons. The molecule has 21 heavy (non-hydrogen) atoms. The van der Waals surface area contributed by atoms with Crippen molar-refractivity contribution in [3.05, 3.63) is 28.8 Å². The lowest BCUT2D eigenvalue weighted by atomic mass is 9.91. The van der Waals surface area contributed by atoms with Gasteiger partial charge in [-0.15, -0.1) is 0 Å². The van der Waals surface area contributed by atoms with Crippen molar-refractivity contribution in [3.63, 3.8) is 0 Å². The van der Waals surface area contributed by atoms with Crippen LogP contribution >= 0.6 is 23.4 Å². The Bertz CT molecular complexity index is 491. The summed E-state index contributed by atoms with van der Waals surface area (Å²) in [6.45, 7) is 1.38. The molecule has 2 N–H and O–H groups in total. The van der Waals surface area contributed by atoms with Crippen molar-refractivity contribution in [2.45, 2.75) is 37.4 Å². The number of nitrogens with two attached hydrogens (primary N) is 1. The minimum absolute atomic E-state index is 0.0306. The molecule has 2 saturated heterocycles. The molecule has 0 aliphatic carbocycles. The number of para-hydroxylation sites is 1. The Morgan fingerprint density at radius 3 is 3.14 bits per heavy atom. The zero-order chi connectivity index (χ0) is 14.7. The van der Waals surface area contributed by atoms with E-state index in [4.69, 9.17) is 26.8 Å². The van der Waals surface area contributed by atoms with Crippen molar-refractivity contribution < 1.29 is 9.47 Å². The zero-order valence-corrected chi connectivity index (χ0v) is 13.7. The second-order valence-electron chi connectivity index (χ2n) is 5.83. The molecule has 0 aromatic heterocycles. The number of ether oxygens (including phenoxy) is 2. The average Bonchev–Trinajstić information content (AvgIpc) is 2.91. The van der Waals surface area contributed by atoms with Crippen molar-refractivity contribution in [3.8, 4) is 5.75 Å². The van der Waals surface area contributed by atoms with E-state index in [1.165, 1.54) is 5.75 Å². The molecule has 1 aromatic carbocycles. The predicted molar refractivity (Wildman–Crippen MR) is 88.5 cm³/mol. The third-order valence-corrected chi connectivity index (χ3v) is 5.78. The number of hydrogen-bond donors (Lipinski definition) is 1. The lowest BCUT2D eigenvalue weighted by Crippen LogP contribution is -2.44. The quantitative estimate of drug-likeness (QED) is 0.921. The van der Waals surface area contributed by atoms with E-state index >= 15 is 0 Å². The highest BCUT2D eigenvalue weighted by molar-refractivity contribution is 7.99. The Hall–Kier alpha value is -0.420. The highest BCUT2D eigenvalue weighted by Gasteiger charge is 2.41. The van der Waals surface area contributed by atoms with Crippen molar-refractivity contribution >= 4 is 23.4 Å². The number of halogens is 1. The summed E-state index contributed by atoms with van der Waals surface area (Å²) in [6.07, 6.45) is 4.01. The molecular weight excluding hydrogens is 306 g/mol. The normalized spacial score (nSPS) is 29.0. The van der Waals surface area contributed by atoms with Crippen LogP contribution in [0.5, 0.6) is 5.75 Å². The zero-order valence-electron chi connectivity index (χ0n) is 12.1. The van der Waals surface area contributed by atoms with Gasteiger partial charge in [0, 0.05) is 18.6 Å². The van der Waals surface area contributed by atoms with Crippen molar-refractivity contribution in [2.75, 3.05) is 24.7 Å². The monoisotopic (exact) mass is 327 g/mol. The second-order valence-corrected chi connectivity index (χ2v) is 7.35. The van der Waals surface area contributed by atoms with Gasteiger partial charge in [-0.05, 0) is 36.8 Å². The van der Waals surface area contributed by atoms with Gasteiger partial charge in [-0.1, -0.05) is 23.7 Å². The first-order valence-corrected chi connectivity index (χ1v) is 9.11. The Morgan fingerprint density at radius 2 is 2.38 bits per heavy atom.